The van der Waals surface area contributed by atoms with Crippen LogP contribution in [0, 0.1) is 0 Å². The van der Waals surface area contributed by atoms with Crippen LogP contribution in [0.4, 0.5) is 0 Å². The van der Waals surface area contributed by atoms with Crippen LogP contribution in [0.2, 0.25) is 0 Å². The number of hydrogen-bond acceptors (Lipinski definition) is 0. The van der Waals surface area contributed by atoms with Crippen molar-refractivity contribution in [2.24, 2.45) is 0 Å². The third-order valence-electron chi connectivity index (χ3n) is 5.63. The minimum atomic E-state index is -1.76. The maximum absolute atomic E-state index is 2.49. The van der Waals surface area contributed by atoms with Gasteiger partial charge in [-0.05, 0) is 46.7 Å². The molecular formula is C27H34BrP. The van der Waals surface area contributed by atoms with E-state index in [4.69, 9.17) is 0 Å². The Morgan fingerprint density at radius 1 is 0.552 bits per heavy atom. The molecule has 3 aromatic rings. The molecule has 0 atom stereocenters. The third-order valence-corrected chi connectivity index (χ3v) is 9.63. The van der Waals surface area contributed by atoms with Crippen molar-refractivity contribution in [3.05, 3.63) is 90.0 Å². The van der Waals surface area contributed by atoms with E-state index in [0.717, 1.165) is 0 Å². The zero-order valence-corrected chi connectivity index (χ0v) is 21.3. The van der Waals surface area contributed by atoms with E-state index in [1.165, 1.54) is 27.0 Å². The monoisotopic (exact) mass is 468 g/mol. The molecule has 154 valence electrons. The average Bonchev–Trinajstić information content (AvgIpc) is 2.67. The van der Waals surface area contributed by atoms with E-state index in [1.54, 1.807) is 0 Å². The van der Waals surface area contributed by atoms with Gasteiger partial charge in [-0.25, -0.2) is 0 Å². The second kappa shape index (κ2) is 8.75. The van der Waals surface area contributed by atoms with Crippen LogP contribution in [-0.2, 0) is 10.8 Å². The average molecular weight is 469 g/mol. The number of benzene rings is 3. The van der Waals surface area contributed by atoms with Gasteiger partial charge in [-0.1, -0.05) is 90.1 Å². The lowest BCUT2D eigenvalue weighted by Crippen LogP contribution is -3.00. The highest BCUT2D eigenvalue weighted by molar-refractivity contribution is 7.95. The molecule has 0 aromatic heterocycles. The first-order chi connectivity index (χ1) is 13.1. The molecule has 0 radical (unpaired) electrons. The highest BCUT2D eigenvalue weighted by Crippen LogP contribution is 2.54. The molecular weight excluding hydrogens is 435 g/mol. The van der Waals surface area contributed by atoms with Crippen LogP contribution in [0.15, 0.2) is 78.9 Å². The van der Waals surface area contributed by atoms with Gasteiger partial charge < -0.3 is 17.0 Å². The smallest absolute Gasteiger partial charge is 0.109 e. The van der Waals surface area contributed by atoms with E-state index in [0.29, 0.717) is 0 Å². The molecule has 0 aliphatic rings. The van der Waals surface area contributed by atoms with Gasteiger partial charge in [0.2, 0.25) is 0 Å². The maximum atomic E-state index is 2.49. The van der Waals surface area contributed by atoms with Crippen molar-refractivity contribution in [1.82, 2.24) is 0 Å². The Labute approximate surface area is 188 Å². The van der Waals surface area contributed by atoms with Crippen molar-refractivity contribution < 1.29 is 17.0 Å². The summed E-state index contributed by atoms with van der Waals surface area (Å²) in [7, 11) is -1.76. The Morgan fingerprint density at radius 2 is 1.00 bits per heavy atom. The normalized spacial score (nSPS) is 12.4. The summed E-state index contributed by atoms with van der Waals surface area (Å²) < 4.78 is 0. The number of hydrogen-bond donors (Lipinski definition) is 0. The summed E-state index contributed by atoms with van der Waals surface area (Å²) in [5.41, 5.74) is 3.17. The molecule has 2 heteroatoms. The Bertz CT molecular complexity index is 892. The van der Waals surface area contributed by atoms with Crippen LogP contribution in [0.5, 0.6) is 0 Å². The van der Waals surface area contributed by atoms with Crippen molar-refractivity contribution in [3.63, 3.8) is 0 Å². The Kier molecular flexibility index (Phi) is 7.19. The van der Waals surface area contributed by atoms with Gasteiger partial charge in [-0.3, -0.25) is 0 Å². The lowest BCUT2D eigenvalue weighted by Gasteiger charge is -2.35. The zero-order chi connectivity index (χ0) is 20.6. The van der Waals surface area contributed by atoms with Crippen LogP contribution in [0.3, 0.4) is 0 Å². The second-order valence-electron chi connectivity index (χ2n) is 9.88. The van der Waals surface area contributed by atoms with Gasteiger partial charge in [0.1, 0.15) is 23.2 Å². The zero-order valence-electron chi connectivity index (χ0n) is 18.8. The summed E-state index contributed by atoms with van der Waals surface area (Å²) in [6, 6.07) is 29.2. The molecule has 0 unspecified atom stereocenters. The predicted octanol–water partition coefficient (Wildman–Crippen LogP) is 3.21. The Hall–Kier alpha value is -1.43. The second-order valence-corrected chi connectivity index (χ2v) is 13.4. The first kappa shape index (κ1) is 23.8. The molecule has 0 saturated heterocycles. The molecule has 29 heavy (non-hydrogen) atoms. The predicted molar refractivity (Wildman–Crippen MR) is 128 cm³/mol. The Morgan fingerprint density at radius 3 is 1.38 bits per heavy atom. The summed E-state index contributed by atoms with van der Waals surface area (Å²) in [5, 5.41) is 4.40. The lowest BCUT2D eigenvalue weighted by atomic mass is 9.75. The van der Waals surface area contributed by atoms with Crippen molar-refractivity contribution in [2.45, 2.75) is 52.4 Å². The van der Waals surface area contributed by atoms with Gasteiger partial charge in [0, 0.05) is 5.56 Å². The SMILES string of the molecule is CC(C)(C)c1cccc([P+](C)(c2ccccc2)c2ccccc2)c1C(C)(C)C.[Br-]. The summed E-state index contributed by atoms with van der Waals surface area (Å²) in [4.78, 5) is 0. The molecule has 0 aliphatic heterocycles. The molecule has 0 N–H and O–H groups in total. The first-order valence-electron chi connectivity index (χ1n) is 10.2. The van der Waals surface area contributed by atoms with Gasteiger partial charge in [-0.2, -0.15) is 0 Å². The van der Waals surface area contributed by atoms with Crippen LogP contribution in [0.25, 0.3) is 0 Å². The van der Waals surface area contributed by atoms with E-state index in [1.807, 2.05) is 0 Å². The fourth-order valence-corrected chi connectivity index (χ4v) is 7.88. The summed E-state index contributed by atoms with van der Waals surface area (Å²) in [5.74, 6) is 0. The van der Waals surface area contributed by atoms with E-state index < -0.39 is 7.26 Å². The molecule has 3 aromatic carbocycles. The van der Waals surface area contributed by atoms with E-state index in [2.05, 4.69) is 127 Å². The molecule has 0 saturated carbocycles. The van der Waals surface area contributed by atoms with Crippen LogP contribution >= 0.6 is 7.26 Å². The van der Waals surface area contributed by atoms with Gasteiger partial charge in [0.15, 0.2) is 0 Å². The van der Waals surface area contributed by atoms with Gasteiger partial charge in [-0.15, -0.1) is 0 Å². The quantitative estimate of drug-likeness (QED) is 0.517. The number of rotatable bonds is 3. The molecule has 0 nitrogen and oxygen atoms in total. The standard InChI is InChI=1S/C27H34P.BrH/c1-26(2,3)23-19-14-20-24(25(23)27(4,5)6)28(7,21-15-10-8-11-16-21)22-17-12-9-13-18-22;/h8-20H,1-7H3;1H/q+1;/p-1. The van der Waals surface area contributed by atoms with Crippen molar-refractivity contribution >= 4 is 23.2 Å². The largest absolute Gasteiger partial charge is 1.00 e. The van der Waals surface area contributed by atoms with Crippen molar-refractivity contribution in [2.75, 3.05) is 6.66 Å². The fraction of sp³-hybridized carbons (Fsp3) is 0.333. The Balaban J connectivity index is 0.00000300. The van der Waals surface area contributed by atoms with Crippen molar-refractivity contribution in [1.29, 1.82) is 0 Å². The van der Waals surface area contributed by atoms with Crippen molar-refractivity contribution in [3.8, 4) is 0 Å². The molecule has 0 bridgehead atoms. The van der Waals surface area contributed by atoms with Crippen LogP contribution < -0.4 is 32.9 Å². The van der Waals surface area contributed by atoms with E-state index >= 15 is 0 Å². The van der Waals surface area contributed by atoms with Crippen LogP contribution in [-0.4, -0.2) is 6.66 Å². The lowest BCUT2D eigenvalue weighted by molar-refractivity contribution is -0.00000653. The minimum Gasteiger partial charge on any atom is -1.00 e. The molecule has 0 fully saturated rings. The summed E-state index contributed by atoms with van der Waals surface area (Å²) in [6.45, 7) is 16.6. The molecule has 3 rings (SSSR count). The van der Waals surface area contributed by atoms with Crippen LogP contribution in [0.1, 0.15) is 52.7 Å². The molecule has 0 heterocycles. The fourth-order valence-electron chi connectivity index (χ4n) is 4.21. The summed E-state index contributed by atoms with van der Waals surface area (Å²) >= 11 is 0. The minimum absolute atomic E-state index is 0. The van der Waals surface area contributed by atoms with Gasteiger partial charge in [0.05, 0.1) is 6.66 Å². The van der Waals surface area contributed by atoms with E-state index in [9.17, 15) is 0 Å². The maximum Gasteiger partial charge on any atom is 0.109 e. The highest BCUT2D eigenvalue weighted by Gasteiger charge is 2.45. The number of halogens is 1. The third kappa shape index (κ3) is 4.68. The molecule has 0 amide bonds. The topological polar surface area (TPSA) is 0 Å². The molecule has 0 spiro atoms. The highest BCUT2D eigenvalue weighted by atomic mass is 79.9. The summed E-state index contributed by atoms with van der Waals surface area (Å²) in [6.07, 6.45) is 0. The van der Waals surface area contributed by atoms with Gasteiger partial charge >= 0.3 is 0 Å². The first-order valence-corrected chi connectivity index (χ1v) is 12.4. The van der Waals surface area contributed by atoms with Gasteiger partial charge in [0.25, 0.3) is 0 Å². The molecule has 0 aliphatic carbocycles. The van der Waals surface area contributed by atoms with E-state index in [-0.39, 0.29) is 27.8 Å².